The van der Waals surface area contributed by atoms with E-state index in [-0.39, 0.29) is 35.4 Å². The molecule has 0 saturated carbocycles. The number of rotatable bonds is 6. The van der Waals surface area contributed by atoms with Gasteiger partial charge >= 0.3 is 0 Å². The minimum absolute atomic E-state index is 0.0893. The van der Waals surface area contributed by atoms with Crippen molar-refractivity contribution in [2.75, 3.05) is 4.90 Å². The molecule has 0 saturated heterocycles. The second-order valence-electron chi connectivity index (χ2n) is 13.4. The van der Waals surface area contributed by atoms with Crippen molar-refractivity contribution in [1.82, 2.24) is 0 Å². The van der Waals surface area contributed by atoms with Crippen molar-refractivity contribution in [3.8, 4) is 33.4 Å². The minimum Gasteiger partial charge on any atom is -0.310 e. The molecule has 0 aliphatic carbocycles. The largest absolute Gasteiger partial charge is 0.310 e. The Hall–Kier alpha value is -6.96. The number of hydrogen-bond acceptors (Lipinski definition) is 1. The van der Waals surface area contributed by atoms with Gasteiger partial charge in [0.1, 0.15) is 0 Å². The first-order chi connectivity index (χ1) is 27.9. The van der Waals surface area contributed by atoms with E-state index in [2.05, 4.69) is 97.1 Å². The van der Waals surface area contributed by atoms with Crippen molar-refractivity contribution in [2.45, 2.75) is 0 Å². The second-order valence-corrected chi connectivity index (χ2v) is 13.4. The van der Waals surface area contributed by atoms with Gasteiger partial charge in [-0.1, -0.05) is 176 Å². The Morgan fingerprint density at radius 1 is 0.283 bits per heavy atom. The molecule has 0 amide bonds. The van der Waals surface area contributed by atoms with E-state index in [1.54, 1.807) is 0 Å². The molecule has 0 radical (unpaired) electrons. The number of nitrogens with zero attached hydrogens (tertiary/aromatic N) is 1. The van der Waals surface area contributed by atoms with E-state index in [0.717, 1.165) is 55.2 Å². The van der Waals surface area contributed by atoms with Gasteiger partial charge in [-0.15, -0.1) is 0 Å². The van der Waals surface area contributed by atoms with Crippen LogP contribution in [0.5, 0.6) is 0 Å². The summed E-state index contributed by atoms with van der Waals surface area (Å²) < 4.78 is 38.0. The summed E-state index contributed by atoms with van der Waals surface area (Å²) in [7, 11) is 0. The Bertz CT molecular complexity index is 3130. The Labute approximate surface area is 315 Å². The molecule has 0 bridgehead atoms. The van der Waals surface area contributed by atoms with Crippen LogP contribution in [0.3, 0.4) is 0 Å². The summed E-state index contributed by atoms with van der Waals surface area (Å²) in [5.74, 6) is 0. The van der Waals surface area contributed by atoms with Gasteiger partial charge in [0.15, 0.2) is 0 Å². The SMILES string of the molecule is [2H]c1c([2H])c(N(c2ccc(-c3ccc4ccc5ccccc5c4c3)cc2)c2cc3ccccc3c3ccccc23)c([2H])c([2H])c1-c1ccc(-c2ccccc2)cc1. The lowest BCUT2D eigenvalue weighted by molar-refractivity contribution is 1.30. The zero-order chi connectivity index (χ0) is 38.6. The highest BCUT2D eigenvalue weighted by molar-refractivity contribution is 6.14. The molecule has 10 aromatic carbocycles. The molecular formula is C52H35N. The Balaban J connectivity index is 1.15. The first kappa shape index (κ1) is 26.8. The highest BCUT2D eigenvalue weighted by atomic mass is 15.1. The fourth-order valence-electron chi connectivity index (χ4n) is 7.61. The van der Waals surface area contributed by atoms with Gasteiger partial charge in [0.2, 0.25) is 0 Å². The molecular weight excluding hydrogens is 639 g/mol. The molecule has 0 N–H and O–H groups in total. The molecule has 0 spiro atoms. The summed E-state index contributed by atoms with van der Waals surface area (Å²) in [6.07, 6.45) is 0. The van der Waals surface area contributed by atoms with Crippen molar-refractivity contribution in [3.63, 3.8) is 0 Å². The molecule has 0 aliphatic rings. The number of anilines is 3. The van der Waals surface area contributed by atoms with E-state index in [4.69, 9.17) is 0 Å². The molecule has 0 atom stereocenters. The summed E-state index contributed by atoms with van der Waals surface area (Å²) in [6.45, 7) is 0. The van der Waals surface area contributed by atoms with Crippen LogP contribution in [0.25, 0.3) is 76.5 Å². The fraction of sp³-hybridized carbons (Fsp3) is 0. The number of fused-ring (bicyclic) bond motifs is 6. The van der Waals surface area contributed by atoms with Gasteiger partial charge in [-0.2, -0.15) is 0 Å². The predicted molar refractivity (Wildman–Crippen MR) is 227 cm³/mol. The average Bonchev–Trinajstić information content (AvgIpc) is 3.27. The van der Waals surface area contributed by atoms with Crippen LogP contribution in [-0.4, -0.2) is 0 Å². The lowest BCUT2D eigenvalue weighted by Crippen LogP contribution is -2.10. The van der Waals surface area contributed by atoms with Crippen LogP contribution in [-0.2, 0) is 0 Å². The second kappa shape index (κ2) is 13.0. The summed E-state index contributed by atoms with van der Waals surface area (Å²) in [5, 5.41) is 8.89. The molecule has 0 unspecified atom stereocenters. The van der Waals surface area contributed by atoms with E-state index in [1.165, 1.54) is 21.5 Å². The first-order valence-corrected chi connectivity index (χ1v) is 17.9. The fourth-order valence-corrected chi connectivity index (χ4v) is 7.61. The summed E-state index contributed by atoms with van der Waals surface area (Å²) in [6, 6.07) is 63.4. The molecule has 0 aromatic heterocycles. The van der Waals surface area contributed by atoms with Crippen LogP contribution >= 0.6 is 0 Å². The third-order valence-electron chi connectivity index (χ3n) is 10.3. The lowest BCUT2D eigenvalue weighted by atomic mass is 9.96. The highest BCUT2D eigenvalue weighted by Gasteiger charge is 2.18. The normalized spacial score (nSPS) is 12.5. The predicted octanol–water partition coefficient (Wildman–Crippen LogP) is 14.8. The van der Waals surface area contributed by atoms with E-state index < -0.39 is 0 Å². The van der Waals surface area contributed by atoms with Crippen LogP contribution in [0.2, 0.25) is 0 Å². The maximum Gasteiger partial charge on any atom is 0.0645 e. The van der Waals surface area contributed by atoms with Crippen molar-refractivity contribution in [3.05, 3.63) is 212 Å². The highest BCUT2D eigenvalue weighted by Crippen LogP contribution is 2.43. The van der Waals surface area contributed by atoms with Crippen molar-refractivity contribution < 1.29 is 5.48 Å². The van der Waals surface area contributed by atoms with Crippen LogP contribution in [0.15, 0.2) is 212 Å². The van der Waals surface area contributed by atoms with Crippen LogP contribution in [0.1, 0.15) is 5.48 Å². The Kier molecular flexibility index (Phi) is 6.56. The molecule has 0 heterocycles. The van der Waals surface area contributed by atoms with Gasteiger partial charge in [-0.25, -0.2) is 0 Å². The maximum absolute atomic E-state index is 9.59. The monoisotopic (exact) mass is 677 g/mol. The zero-order valence-electron chi connectivity index (χ0n) is 32.8. The van der Waals surface area contributed by atoms with Crippen LogP contribution in [0, 0.1) is 0 Å². The number of hydrogen-bond donors (Lipinski definition) is 0. The molecule has 10 aromatic rings. The molecule has 53 heavy (non-hydrogen) atoms. The third kappa shape index (κ3) is 5.60. The van der Waals surface area contributed by atoms with Gasteiger partial charge in [-0.3, -0.25) is 0 Å². The quantitative estimate of drug-likeness (QED) is 0.158. The maximum atomic E-state index is 9.59. The summed E-state index contributed by atoms with van der Waals surface area (Å²) in [4.78, 5) is 1.91. The number of benzene rings is 10. The van der Waals surface area contributed by atoms with E-state index in [0.29, 0.717) is 5.56 Å². The zero-order valence-corrected chi connectivity index (χ0v) is 28.8. The van der Waals surface area contributed by atoms with Gasteiger partial charge in [0.25, 0.3) is 0 Å². The third-order valence-corrected chi connectivity index (χ3v) is 10.3. The van der Waals surface area contributed by atoms with Gasteiger partial charge < -0.3 is 4.90 Å². The topological polar surface area (TPSA) is 3.24 Å². The average molecular weight is 678 g/mol. The summed E-state index contributed by atoms with van der Waals surface area (Å²) in [5.41, 5.74) is 6.80. The first-order valence-electron chi connectivity index (χ1n) is 19.9. The van der Waals surface area contributed by atoms with Gasteiger partial charge in [-0.05, 0) is 107 Å². The van der Waals surface area contributed by atoms with Crippen molar-refractivity contribution >= 4 is 60.2 Å². The lowest BCUT2D eigenvalue weighted by Gasteiger charge is -2.28. The molecule has 1 nitrogen and oxygen atoms in total. The van der Waals surface area contributed by atoms with E-state index >= 15 is 0 Å². The van der Waals surface area contributed by atoms with Crippen LogP contribution < -0.4 is 4.90 Å². The van der Waals surface area contributed by atoms with Gasteiger partial charge in [0, 0.05) is 16.8 Å². The minimum atomic E-state index is -0.110. The summed E-state index contributed by atoms with van der Waals surface area (Å²) >= 11 is 0. The molecule has 248 valence electrons. The standard InChI is InChI=1S/C52H35N/c1-2-10-36(11-3-1)37-18-20-38(21-19-37)39-26-30-45(31-27-39)53(52-35-44-13-5-7-15-48(44)49-16-8-9-17-50(49)52)46-32-28-40(29-33-46)43-25-24-42-23-22-41-12-4-6-14-47(41)51(42)34-43/h1-35H/i26D,27D,30D,31D. The Morgan fingerprint density at radius 3 is 1.47 bits per heavy atom. The van der Waals surface area contributed by atoms with Gasteiger partial charge in [0.05, 0.1) is 11.2 Å². The van der Waals surface area contributed by atoms with Crippen molar-refractivity contribution in [1.29, 1.82) is 0 Å². The molecule has 0 aliphatic heterocycles. The molecule has 0 fully saturated rings. The smallest absolute Gasteiger partial charge is 0.0645 e. The molecule has 10 rings (SSSR count). The van der Waals surface area contributed by atoms with Crippen LogP contribution in [0.4, 0.5) is 17.1 Å². The Morgan fingerprint density at radius 2 is 0.755 bits per heavy atom. The van der Waals surface area contributed by atoms with Crippen molar-refractivity contribution in [2.24, 2.45) is 0 Å². The van der Waals surface area contributed by atoms with E-state index in [1.807, 2.05) is 95.9 Å². The molecule has 1 heteroatoms. The van der Waals surface area contributed by atoms with E-state index in [9.17, 15) is 5.48 Å².